The van der Waals surface area contributed by atoms with Gasteiger partial charge in [0.25, 0.3) is 5.91 Å². The lowest BCUT2D eigenvalue weighted by molar-refractivity contribution is -0.274. The number of amides is 2. The number of carbonyl (C=O) groups excluding carboxylic acids is 2. The second-order valence-corrected chi connectivity index (χ2v) is 7.65. The number of alkyl halides is 3. The van der Waals surface area contributed by atoms with Crippen LogP contribution in [0, 0.1) is 0 Å². The molecule has 9 heteroatoms. The van der Waals surface area contributed by atoms with Crippen molar-refractivity contribution >= 4 is 28.2 Å². The number of hydrogen-bond acceptors (Lipinski definition) is 4. The molecule has 1 heterocycles. The SMILES string of the molecule is NC(=O)c1c(NC(=O)Cc2ccc(OC(F)(F)F)cc2)sc2c1CCCCC2. The maximum atomic E-state index is 12.4. The number of primary amides is 1. The standard InChI is InChI=1S/C19H19F3N2O3S/c20-19(21,22)27-12-8-6-11(7-9-12)10-15(25)24-18-16(17(23)26)13-4-2-1-3-5-14(13)28-18/h6-9H,1-5,10H2,(H2,23,26)(H,24,25). The van der Waals surface area contributed by atoms with E-state index in [0.717, 1.165) is 54.7 Å². The van der Waals surface area contributed by atoms with Crippen molar-refractivity contribution in [2.45, 2.75) is 44.9 Å². The third-order valence-electron chi connectivity index (χ3n) is 4.44. The topological polar surface area (TPSA) is 81.4 Å². The van der Waals surface area contributed by atoms with E-state index in [9.17, 15) is 22.8 Å². The number of benzene rings is 1. The fourth-order valence-corrected chi connectivity index (χ4v) is 4.57. The first kappa shape index (κ1) is 20.2. The van der Waals surface area contributed by atoms with E-state index < -0.39 is 12.3 Å². The van der Waals surface area contributed by atoms with E-state index in [1.165, 1.54) is 23.5 Å². The van der Waals surface area contributed by atoms with Crippen molar-refractivity contribution in [2.75, 3.05) is 5.32 Å². The molecule has 0 bridgehead atoms. The summed E-state index contributed by atoms with van der Waals surface area (Å²) in [4.78, 5) is 25.4. The van der Waals surface area contributed by atoms with Crippen molar-refractivity contribution in [3.05, 3.63) is 45.8 Å². The number of nitrogens with one attached hydrogen (secondary N) is 1. The summed E-state index contributed by atoms with van der Waals surface area (Å²) in [6.45, 7) is 0. The highest BCUT2D eigenvalue weighted by atomic mass is 32.1. The first-order chi connectivity index (χ1) is 13.2. The molecule has 2 amide bonds. The Labute approximate surface area is 163 Å². The number of fused-ring (bicyclic) bond motifs is 1. The highest BCUT2D eigenvalue weighted by Gasteiger charge is 2.31. The molecule has 0 radical (unpaired) electrons. The molecule has 150 valence electrons. The molecule has 3 N–H and O–H groups in total. The van der Waals surface area contributed by atoms with Crippen LogP contribution in [0.3, 0.4) is 0 Å². The first-order valence-electron chi connectivity index (χ1n) is 8.82. The molecule has 1 aliphatic carbocycles. The van der Waals surface area contributed by atoms with Crippen LogP contribution < -0.4 is 15.8 Å². The highest BCUT2D eigenvalue weighted by molar-refractivity contribution is 7.17. The maximum absolute atomic E-state index is 12.4. The van der Waals surface area contributed by atoms with Gasteiger partial charge in [0.15, 0.2) is 0 Å². The van der Waals surface area contributed by atoms with Gasteiger partial charge in [0, 0.05) is 4.88 Å². The second kappa shape index (κ2) is 8.22. The van der Waals surface area contributed by atoms with Crippen molar-refractivity contribution in [2.24, 2.45) is 5.73 Å². The van der Waals surface area contributed by atoms with Crippen molar-refractivity contribution in [1.29, 1.82) is 0 Å². The summed E-state index contributed by atoms with van der Waals surface area (Å²) >= 11 is 1.37. The van der Waals surface area contributed by atoms with E-state index in [1.54, 1.807) is 0 Å². The lowest BCUT2D eigenvalue weighted by Gasteiger charge is -2.09. The summed E-state index contributed by atoms with van der Waals surface area (Å²) < 4.78 is 40.4. The molecule has 1 aliphatic rings. The van der Waals surface area contributed by atoms with Gasteiger partial charge in [-0.15, -0.1) is 24.5 Å². The number of carbonyl (C=O) groups is 2. The molecule has 0 spiro atoms. The average molecular weight is 412 g/mol. The van der Waals surface area contributed by atoms with E-state index in [1.807, 2.05) is 0 Å². The van der Waals surface area contributed by atoms with Crippen molar-refractivity contribution in [1.82, 2.24) is 0 Å². The number of anilines is 1. The Morgan fingerprint density at radius 2 is 1.79 bits per heavy atom. The van der Waals surface area contributed by atoms with Gasteiger partial charge in [0.1, 0.15) is 10.8 Å². The fourth-order valence-electron chi connectivity index (χ4n) is 3.26. The minimum Gasteiger partial charge on any atom is -0.406 e. The Balaban J connectivity index is 1.70. The van der Waals surface area contributed by atoms with Crippen LogP contribution in [0.15, 0.2) is 24.3 Å². The Bertz CT molecular complexity index is 876. The van der Waals surface area contributed by atoms with Gasteiger partial charge in [-0.25, -0.2) is 0 Å². The van der Waals surface area contributed by atoms with Crippen molar-refractivity contribution in [3.8, 4) is 5.75 Å². The number of rotatable bonds is 5. The first-order valence-corrected chi connectivity index (χ1v) is 9.63. The van der Waals surface area contributed by atoms with Gasteiger partial charge < -0.3 is 15.8 Å². The van der Waals surface area contributed by atoms with Gasteiger partial charge in [-0.3, -0.25) is 9.59 Å². The van der Waals surface area contributed by atoms with Gasteiger partial charge in [0.05, 0.1) is 12.0 Å². The van der Waals surface area contributed by atoms with Gasteiger partial charge in [-0.1, -0.05) is 18.6 Å². The summed E-state index contributed by atoms with van der Waals surface area (Å²) in [7, 11) is 0. The quantitative estimate of drug-likeness (QED) is 0.723. The normalized spacial score (nSPS) is 14.1. The van der Waals surface area contributed by atoms with E-state index >= 15 is 0 Å². The van der Waals surface area contributed by atoms with E-state index in [4.69, 9.17) is 5.73 Å². The molecule has 0 saturated heterocycles. The van der Waals surface area contributed by atoms with Crippen LogP contribution in [0.2, 0.25) is 0 Å². The van der Waals surface area contributed by atoms with Gasteiger partial charge in [0.2, 0.25) is 5.91 Å². The molecule has 1 aromatic heterocycles. The lowest BCUT2D eigenvalue weighted by Crippen LogP contribution is -2.19. The summed E-state index contributed by atoms with van der Waals surface area (Å²) in [5, 5.41) is 3.18. The Hall–Kier alpha value is -2.55. The molecule has 0 aliphatic heterocycles. The zero-order valence-corrected chi connectivity index (χ0v) is 15.7. The summed E-state index contributed by atoms with van der Waals surface area (Å²) in [6, 6.07) is 5.08. The predicted octanol–water partition coefficient (Wildman–Crippen LogP) is 4.20. The van der Waals surface area contributed by atoms with Gasteiger partial charge in [-0.05, 0) is 48.9 Å². The van der Waals surface area contributed by atoms with Crippen LogP contribution in [0.1, 0.15) is 45.6 Å². The zero-order chi connectivity index (χ0) is 20.3. The molecule has 1 aromatic carbocycles. The summed E-state index contributed by atoms with van der Waals surface area (Å²) in [5.74, 6) is -1.29. The monoisotopic (exact) mass is 412 g/mol. The molecule has 0 fully saturated rings. The highest BCUT2D eigenvalue weighted by Crippen LogP contribution is 2.37. The van der Waals surface area contributed by atoms with Crippen LogP contribution in [0.4, 0.5) is 18.2 Å². The van der Waals surface area contributed by atoms with Gasteiger partial charge >= 0.3 is 6.36 Å². The third-order valence-corrected chi connectivity index (χ3v) is 5.65. The number of ether oxygens (including phenoxy) is 1. The molecular weight excluding hydrogens is 393 g/mol. The van der Waals surface area contributed by atoms with Crippen LogP contribution in [0.5, 0.6) is 5.75 Å². The zero-order valence-electron chi connectivity index (χ0n) is 14.9. The Kier molecular flexibility index (Phi) is 5.93. The number of thiophene rings is 1. The van der Waals surface area contributed by atoms with Crippen LogP contribution >= 0.6 is 11.3 Å². The lowest BCUT2D eigenvalue weighted by atomic mass is 10.1. The molecule has 0 unspecified atom stereocenters. The molecule has 5 nitrogen and oxygen atoms in total. The largest absolute Gasteiger partial charge is 0.573 e. The summed E-state index contributed by atoms with van der Waals surface area (Å²) in [6.07, 6.45) is -0.0870. The van der Waals surface area contributed by atoms with Crippen molar-refractivity contribution in [3.63, 3.8) is 0 Å². The van der Waals surface area contributed by atoms with Gasteiger partial charge in [-0.2, -0.15) is 0 Å². The fraction of sp³-hybridized carbons (Fsp3) is 0.368. The molecule has 0 saturated carbocycles. The van der Waals surface area contributed by atoms with Crippen LogP contribution in [-0.2, 0) is 24.1 Å². The minimum atomic E-state index is -4.76. The number of nitrogens with two attached hydrogens (primary N) is 1. The number of aryl methyl sites for hydroxylation is 1. The van der Waals surface area contributed by atoms with E-state index in [2.05, 4.69) is 10.1 Å². The molecular formula is C19H19F3N2O3S. The maximum Gasteiger partial charge on any atom is 0.573 e. The number of hydrogen-bond donors (Lipinski definition) is 2. The van der Waals surface area contributed by atoms with E-state index in [-0.39, 0.29) is 18.1 Å². The molecule has 2 aromatic rings. The third kappa shape index (κ3) is 5.03. The Morgan fingerprint density at radius 3 is 2.43 bits per heavy atom. The van der Waals surface area contributed by atoms with Crippen LogP contribution in [-0.4, -0.2) is 18.2 Å². The average Bonchev–Trinajstić information content (AvgIpc) is 2.76. The van der Waals surface area contributed by atoms with E-state index in [0.29, 0.717) is 16.1 Å². The summed E-state index contributed by atoms with van der Waals surface area (Å²) in [5.41, 5.74) is 7.37. The number of halogens is 3. The molecule has 28 heavy (non-hydrogen) atoms. The molecule has 3 rings (SSSR count). The predicted molar refractivity (Wildman–Crippen MR) is 99.6 cm³/mol. The van der Waals surface area contributed by atoms with Crippen molar-refractivity contribution < 1.29 is 27.5 Å². The smallest absolute Gasteiger partial charge is 0.406 e. The second-order valence-electron chi connectivity index (χ2n) is 6.55. The minimum absolute atomic E-state index is 0.0485. The molecule has 0 atom stereocenters. The van der Waals surface area contributed by atoms with Crippen LogP contribution in [0.25, 0.3) is 0 Å². The Morgan fingerprint density at radius 1 is 1.11 bits per heavy atom.